The highest BCUT2D eigenvalue weighted by Crippen LogP contribution is 2.24. The smallest absolute Gasteiger partial charge is 0.331 e. The summed E-state index contributed by atoms with van der Waals surface area (Å²) in [6.07, 6.45) is 0. The van der Waals surface area contributed by atoms with Crippen LogP contribution in [0.15, 0.2) is 41.8 Å². The second-order valence-electron chi connectivity index (χ2n) is 3.62. The first-order valence-electron chi connectivity index (χ1n) is 5.23. The molecular weight excluding hydrogens is 248 g/mol. The lowest BCUT2D eigenvalue weighted by molar-refractivity contribution is -0.138. The number of hydrogen-bond donors (Lipinski definition) is 2. The van der Waals surface area contributed by atoms with Crippen molar-refractivity contribution in [2.45, 2.75) is 6.04 Å². The van der Waals surface area contributed by atoms with Gasteiger partial charge in [-0.3, -0.25) is 0 Å². The first-order valence-corrected chi connectivity index (χ1v) is 6.11. The number of thiophene rings is 1. The molecule has 0 saturated heterocycles. The van der Waals surface area contributed by atoms with Crippen molar-refractivity contribution in [1.29, 1.82) is 5.26 Å². The molecule has 1 atom stereocenters. The summed E-state index contributed by atoms with van der Waals surface area (Å²) >= 11 is 1.39. The van der Waals surface area contributed by atoms with E-state index in [0.29, 0.717) is 11.3 Å². The van der Waals surface area contributed by atoms with Crippen molar-refractivity contribution < 1.29 is 9.90 Å². The molecule has 0 saturated carbocycles. The van der Waals surface area contributed by atoms with E-state index < -0.39 is 12.0 Å². The Balaban J connectivity index is 2.19. The van der Waals surface area contributed by atoms with E-state index in [1.807, 2.05) is 17.5 Å². The largest absolute Gasteiger partial charge is 0.479 e. The summed E-state index contributed by atoms with van der Waals surface area (Å²) in [6.45, 7) is 0. The van der Waals surface area contributed by atoms with Gasteiger partial charge in [0.1, 0.15) is 0 Å². The highest BCUT2D eigenvalue weighted by atomic mass is 32.1. The lowest BCUT2D eigenvalue weighted by Crippen LogP contribution is -2.19. The third kappa shape index (κ3) is 2.67. The second-order valence-corrected chi connectivity index (χ2v) is 4.60. The number of carbonyl (C=O) groups is 1. The van der Waals surface area contributed by atoms with E-state index in [1.165, 1.54) is 11.3 Å². The number of benzene rings is 1. The zero-order chi connectivity index (χ0) is 13.0. The van der Waals surface area contributed by atoms with Crippen LogP contribution in [0.5, 0.6) is 0 Å². The van der Waals surface area contributed by atoms with Crippen LogP contribution in [0, 0.1) is 11.3 Å². The molecule has 1 heterocycles. The van der Waals surface area contributed by atoms with Crippen LogP contribution < -0.4 is 5.32 Å². The molecule has 0 aliphatic heterocycles. The molecule has 4 nitrogen and oxygen atoms in total. The number of nitrogens with one attached hydrogen (secondary N) is 1. The first kappa shape index (κ1) is 12.1. The number of anilines is 1. The van der Waals surface area contributed by atoms with Crippen LogP contribution in [0.25, 0.3) is 0 Å². The number of rotatable bonds is 4. The predicted molar refractivity (Wildman–Crippen MR) is 69.5 cm³/mol. The third-order valence-corrected chi connectivity index (χ3v) is 3.34. The van der Waals surface area contributed by atoms with E-state index >= 15 is 0 Å². The molecule has 0 aliphatic rings. The maximum absolute atomic E-state index is 11.2. The molecule has 0 spiro atoms. The second kappa shape index (κ2) is 5.34. The molecule has 90 valence electrons. The Morgan fingerprint density at radius 3 is 2.56 bits per heavy atom. The van der Waals surface area contributed by atoms with E-state index in [0.717, 1.165) is 4.88 Å². The maximum Gasteiger partial charge on any atom is 0.331 e. The lowest BCUT2D eigenvalue weighted by Gasteiger charge is -2.14. The predicted octanol–water partition coefficient (Wildman–Crippen LogP) is 2.86. The third-order valence-electron chi connectivity index (χ3n) is 2.40. The molecule has 0 fully saturated rings. The van der Waals surface area contributed by atoms with Crippen LogP contribution >= 0.6 is 11.3 Å². The molecule has 0 bridgehead atoms. The monoisotopic (exact) mass is 258 g/mol. The Kier molecular flexibility index (Phi) is 3.60. The number of aliphatic carboxylic acids is 1. The Morgan fingerprint density at radius 1 is 1.33 bits per heavy atom. The number of carboxylic acids is 1. The highest BCUT2D eigenvalue weighted by Gasteiger charge is 2.20. The van der Waals surface area contributed by atoms with Crippen molar-refractivity contribution in [3.8, 4) is 6.07 Å². The summed E-state index contributed by atoms with van der Waals surface area (Å²) in [7, 11) is 0. The molecule has 1 aromatic heterocycles. The van der Waals surface area contributed by atoms with Crippen molar-refractivity contribution in [1.82, 2.24) is 0 Å². The molecule has 2 rings (SSSR count). The van der Waals surface area contributed by atoms with Crippen LogP contribution in [0.2, 0.25) is 0 Å². The van der Waals surface area contributed by atoms with E-state index in [2.05, 4.69) is 5.32 Å². The molecule has 0 radical (unpaired) electrons. The topological polar surface area (TPSA) is 73.1 Å². The van der Waals surface area contributed by atoms with Crippen LogP contribution in [-0.4, -0.2) is 11.1 Å². The Bertz CT molecular complexity index is 570. The maximum atomic E-state index is 11.2. The minimum absolute atomic E-state index is 0.545. The standard InChI is InChI=1S/C13H10N2O2S/c14-8-9-3-5-10(6-4-9)15-12(13(16)17)11-2-1-7-18-11/h1-7,12,15H,(H,16,17). The van der Waals surface area contributed by atoms with Gasteiger partial charge < -0.3 is 10.4 Å². The van der Waals surface area contributed by atoms with Gasteiger partial charge in [0.05, 0.1) is 11.6 Å². The van der Waals surface area contributed by atoms with Crippen molar-refractivity contribution >= 4 is 23.0 Å². The van der Waals surface area contributed by atoms with Gasteiger partial charge in [0, 0.05) is 10.6 Å². The van der Waals surface area contributed by atoms with E-state index in [4.69, 9.17) is 5.26 Å². The Labute approximate surface area is 108 Å². The molecule has 0 aliphatic carbocycles. The average molecular weight is 258 g/mol. The van der Waals surface area contributed by atoms with E-state index in [9.17, 15) is 9.90 Å². The molecule has 1 aromatic carbocycles. The van der Waals surface area contributed by atoms with Crippen molar-refractivity contribution in [2.75, 3.05) is 5.32 Å². The summed E-state index contributed by atoms with van der Waals surface area (Å²) in [5.74, 6) is -0.929. The minimum atomic E-state index is -0.929. The summed E-state index contributed by atoms with van der Waals surface area (Å²) in [5, 5.41) is 22.7. The van der Waals surface area contributed by atoms with Gasteiger partial charge in [0.15, 0.2) is 6.04 Å². The van der Waals surface area contributed by atoms with Crippen molar-refractivity contribution in [3.05, 3.63) is 52.2 Å². The minimum Gasteiger partial charge on any atom is -0.479 e. The van der Waals surface area contributed by atoms with Crippen LogP contribution in [0.3, 0.4) is 0 Å². The average Bonchev–Trinajstić information content (AvgIpc) is 2.90. The lowest BCUT2D eigenvalue weighted by atomic mass is 10.2. The highest BCUT2D eigenvalue weighted by molar-refractivity contribution is 7.10. The van der Waals surface area contributed by atoms with Gasteiger partial charge in [0.25, 0.3) is 0 Å². The van der Waals surface area contributed by atoms with Gasteiger partial charge in [0.2, 0.25) is 0 Å². The molecule has 2 aromatic rings. The number of nitriles is 1. The molecule has 18 heavy (non-hydrogen) atoms. The van der Waals surface area contributed by atoms with Gasteiger partial charge in [-0.15, -0.1) is 11.3 Å². The number of nitrogens with zero attached hydrogens (tertiary/aromatic N) is 1. The fraction of sp³-hybridized carbons (Fsp3) is 0.0769. The van der Waals surface area contributed by atoms with Crippen LogP contribution in [0.4, 0.5) is 5.69 Å². The van der Waals surface area contributed by atoms with Gasteiger partial charge in [-0.05, 0) is 35.7 Å². The zero-order valence-electron chi connectivity index (χ0n) is 9.33. The normalized spacial score (nSPS) is 11.5. The van der Waals surface area contributed by atoms with Gasteiger partial charge >= 0.3 is 5.97 Å². The molecule has 1 unspecified atom stereocenters. The molecule has 0 amide bonds. The quantitative estimate of drug-likeness (QED) is 0.884. The van der Waals surface area contributed by atoms with E-state index in [1.54, 1.807) is 30.3 Å². The summed E-state index contributed by atoms with van der Waals surface area (Å²) in [6, 6.07) is 11.5. The van der Waals surface area contributed by atoms with Crippen LogP contribution in [0.1, 0.15) is 16.5 Å². The summed E-state index contributed by atoms with van der Waals surface area (Å²) < 4.78 is 0. The molecule has 2 N–H and O–H groups in total. The van der Waals surface area contributed by atoms with E-state index in [-0.39, 0.29) is 0 Å². The molecular formula is C13H10N2O2S. The number of hydrogen-bond acceptors (Lipinski definition) is 4. The van der Waals surface area contributed by atoms with Gasteiger partial charge in [-0.1, -0.05) is 6.07 Å². The number of carboxylic acid groups (broad SMARTS) is 1. The summed E-state index contributed by atoms with van der Waals surface area (Å²) in [4.78, 5) is 12.0. The SMILES string of the molecule is N#Cc1ccc(NC(C(=O)O)c2cccs2)cc1. The first-order chi connectivity index (χ1) is 8.70. The van der Waals surface area contributed by atoms with Gasteiger partial charge in [-0.25, -0.2) is 4.79 Å². The Hall–Kier alpha value is -2.32. The van der Waals surface area contributed by atoms with Crippen molar-refractivity contribution in [2.24, 2.45) is 0 Å². The van der Waals surface area contributed by atoms with Gasteiger partial charge in [-0.2, -0.15) is 5.26 Å². The zero-order valence-corrected chi connectivity index (χ0v) is 10.1. The molecule has 5 heteroatoms. The van der Waals surface area contributed by atoms with Crippen molar-refractivity contribution in [3.63, 3.8) is 0 Å². The van der Waals surface area contributed by atoms with Crippen LogP contribution in [-0.2, 0) is 4.79 Å². The fourth-order valence-corrected chi connectivity index (χ4v) is 2.28. The summed E-state index contributed by atoms with van der Waals surface area (Å²) in [5.41, 5.74) is 1.22. The Morgan fingerprint density at radius 2 is 2.06 bits per heavy atom. The fourth-order valence-electron chi connectivity index (χ4n) is 1.52.